The van der Waals surface area contributed by atoms with E-state index >= 15 is 0 Å². The molecule has 88 valence electrons. The van der Waals surface area contributed by atoms with Crippen LogP contribution in [0.1, 0.15) is 30.9 Å². The minimum atomic E-state index is -2.63. The minimum Gasteiger partial charge on any atom is -0.313 e. The van der Waals surface area contributed by atoms with Crippen molar-refractivity contribution < 1.29 is 8.78 Å². The first-order valence-corrected chi connectivity index (χ1v) is 5.82. The Labute approximate surface area is 94.9 Å². The summed E-state index contributed by atoms with van der Waals surface area (Å²) in [5.41, 5.74) is 1.22. The normalized spacial score (nSPS) is 16.4. The molecule has 0 aromatic heterocycles. The predicted molar refractivity (Wildman–Crippen MR) is 60.4 cm³/mol. The molecule has 0 amide bonds. The van der Waals surface area contributed by atoms with E-state index in [-0.39, 0.29) is 5.56 Å². The number of nitrogens with one attached hydrogen (secondary N) is 1. The number of benzene rings is 1. The van der Waals surface area contributed by atoms with Gasteiger partial charge in [0.25, 0.3) is 5.92 Å². The lowest BCUT2D eigenvalue weighted by molar-refractivity contribution is -0.0285. The van der Waals surface area contributed by atoms with Crippen LogP contribution in [0.3, 0.4) is 0 Å². The molecular weight excluding hydrogens is 208 g/mol. The van der Waals surface area contributed by atoms with Crippen molar-refractivity contribution in [2.75, 3.05) is 6.54 Å². The average molecular weight is 225 g/mol. The van der Waals surface area contributed by atoms with Gasteiger partial charge in [-0.3, -0.25) is 0 Å². The molecule has 0 unspecified atom stereocenters. The second kappa shape index (κ2) is 4.50. The van der Waals surface area contributed by atoms with Crippen molar-refractivity contribution in [3.63, 3.8) is 0 Å². The fourth-order valence-corrected chi connectivity index (χ4v) is 1.80. The first kappa shape index (κ1) is 11.5. The third-order valence-corrected chi connectivity index (χ3v) is 3.01. The Balaban J connectivity index is 2.06. The van der Waals surface area contributed by atoms with E-state index in [0.29, 0.717) is 12.8 Å². The number of halogens is 2. The molecule has 1 fully saturated rings. The number of hydrogen-bond acceptors (Lipinski definition) is 1. The fourth-order valence-electron chi connectivity index (χ4n) is 1.80. The van der Waals surface area contributed by atoms with E-state index < -0.39 is 11.8 Å². The van der Waals surface area contributed by atoms with Gasteiger partial charge in [0, 0.05) is 18.0 Å². The summed E-state index contributed by atoms with van der Waals surface area (Å²) in [7, 11) is 0. The SMILES string of the molecule is CCNCc1ccc(C(F)(F)C2CC2)cc1. The van der Waals surface area contributed by atoms with Crippen LogP contribution in [0.25, 0.3) is 0 Å². The molecule has 3 heteroatoms. The Bertz CT molecular complexity index is 341. The Morgan fingerprint density at radius 3 is 2.38 bits per heavy atom. The summed E-state index contributed by atoms with van der Waals surface area (Å²) in [6.45, 7) is 3.65. The Kier molecular flexibility index (Phi) is 3.24. The Hall–Kier alpha value is -0.960. The largest absolute Gasteiger partial charge is 0.313 e. The van der Waals surface area contributed by atoms with Crippen molar-refractivity contribution in [2.45, 2.75) is 32.2 Å². The van der Waals surface area contributed by atoms with Gasteiger partial charge in [0.1, 0.15) is 0 Å². The van der Waals surface area contributed by atoms with Crippen molar-refractivity contribution in [1.29, 1.82) is 0 Å². The minimum absolute atomic E-state index is 0.162. The zero-order valence-corrected chi connectivity index (χ0v) is 9.47. The molecule has 1 aliphatic carbocycles. The van der Waals surface area contributed by atoms with Crippen LogP contribution < -0.4 is 5.32 Å². The third-order valence-electron chi connectivity index (χ3n) is 3.01. The van der Waals surface area contributed by atoms with Crippen LogP contribution in [-0.4, -0.2) is 6.54 Å². The molecule has 1 N–H and O–H groups in total. The second-order valence-corrected chi connectivity index (χ2v) is 4.37. The van der Waals surface area contributed by atoms with E-state index in [1.807, 2.05) is 6.92 Å². The van der Waals surface area contributed by atoms with E-state index in [9.17, 15) is 8.78 Å². The maximum atomic E-state index is 13.7. The fraction of sp³-hybridized carbons (Fsp3) is 0.538. The molecule has 0 saturated heterocycles. The molecule has 0 spiro atoms. The van der Waals surface area contributed by atoms with Gasteiger partial charge >= 0.3 is 0 Å². The lowest BCUT2D eigenvalue weighted by Crippen LogP contribution is -2.16. The molecule has 1 saturated carbocycles. The van der Waals surface area contributed by atoms with Gasteiger partial charge in [-0.2, -0.15) is 0 Å². The highest BCUT2D eigenvalue weighted by Gasteiger charge is 2.47. The highest BCUT2D eigenvalue weighted by atomic mass is 19.3. The highest BCUT2D eigenvalue weighted by Crippen LogP contribution is 2.49. The number of hydrogen-bond donors (Lipinski definition) is 1. The van der Waals surface area contributed by atoms with Gasteiger partial charge in [-0.15, -0.1) is 0 Å². The number of alkyl halides is 2. The van der Waals surface area contributed by atoms with Gasteiger partial charge < -0.3 is 5.32 Å². The van der Waals surface area contributed by atoms with Crippen molar-refractivity contribution >= 4 is 0 Å². The zero-order valence-electron chi connectivity index (χ0n) is 9.47. The molecule has 16 heavy (non-hydrogen) atoms. The summed E-state index contributed by atoms with van der Waals surface area (Å²) in [6, 6.07) is 6.69. The van der Waals surface area contributed by atoms with Crippen molar-refractivity contribution in [3.05, 3.63) is 35.4 Å². The standard InChI is InChI=1S/C13H17F2N/c1-2-16-9-10-3-5-11(6-4-10)13(14,15)12-7-8-12/h3-6,12,16H,2,7-9H2,1H3. The molecule has 1 aromatic carbocycles. The van der Waals surface area contributed by atoms with Crippen LogP contribution in [-0.2, 0) is 12.5 Å². The Morgan fingerprint density at radius 2 is 1.88 bits per heavy atom. The van der Waals surface area contributed by atoms with Crippen LogP contribution in [0.15, 0.2) is 24.3 Å². The molecule has 0 radical (unpaired) electrons. The quantitative estimate of drug-likeness (QED) is 0.810. The number of rotatable bonds is 5. The van der Waals surface area contributed by atoms with Crippen LogP contribution in [0.2, 0.25) is 0 Å². The Morgan fingerprint density at radius 1 is 1.25 bits per heavy atom. The molecule has 1 nitrogen and oxygen atoms in total. The second-order valence-electron chi connectivity index (χ2n) is 4.37. The maximum absolute atomic E-state index is 13.7. The molecule has 2 rings (SSSR count). The van der Waals surface area contributed by atoms with Crippen molar-refractivity contribution in [1.82, 2.24) is 5.32 Å². The summed E-state index contributed by atoms with van der Waals surface area (Å²) < 4.78 is 27.4. The molecule has 1 aliphatic rings. The zero-order chi connectivity index (χ0) is 11.6. The third kappa shape index (κ3) is 2.40. The molecule has 0 heterocycles. The lowest BCUT2D eigenvalue weighted by atomic mass is 10.0. The predicted octanol–water partition coefficient (Wildman–Crippen LogP) is 3.30. The summed E-state index contributed by atoms with van der Waals surface area (Å²) in [5, 5.41) is 3.17. The van der Waals surface area contributed by atoms with Crippen molar-refractivity contribution in [2.24, 2.45) is 5.92 Å². The molecule has 0 bridgehead atoms. The van der Waals surface area contributed by atoms with Crippen LogP contribution in [0.4, 0.5) is 8.78 Å². The first-order chi connectivity index (χ1) is 7.64. The molecule has 0 aliphatic heterocycles. The molecule has 0 atom stereocenters. The summed E-state index contributed by atoms with van der Waals surface area (Å²) >= 11 is 0. The first-order valence-electron chi connectivity index (χ1n) is 5.82. The summed E-state index contributed by atoms with van der Waals surface area (Å²) in [6.07, 6.45) is 1.32. The summed E-state index contributed by atoms with van der Waals surface area (Å²) in [5.74, 6) is -3.05. The van der Waals surface area contributed by atoms with E-state index in [0.717, 1.165) is 18.7 Å². The average Bonchev–Trinajstić information content (AvgIpc) is 3.11. The van der Waals surface area contributed by atoms with Gasteiger partial charge in [-0.1, -0.05) is 31.2 Å². The lowest BCUT2D eigenvalue weighted by Gasteiger charge is -2.16. The van der Waals surface area contributed by atoms with E-state index in [1.165, 1.54) is 0 Å². The van der Waals surface area contributed by atoms with Crippen molar-refractivity contribution in [3.8, 4) is 0 Å². The van der Waals surface area contributed by atoms with Crippen LogP contribution in [0.5, 0.6) is 0 Å². The molecule has 1 aromatic rings. The van der Waals surface area contributed by atoms with Gasteiger partial charge in [0.15, 0.2) is 0 Å². The summed E-state index contributed by atoms with van der Waals surface area (Å²) in [4.78, 5) is 0. The van der Waals surface area contributed by atoms with Gasteiger partial charge in [-0.05, 0) is 24.9 Å². The molecular formula is C13H17F2N. The smallest absolute Gasteiger partial charge is 0.276 e. The van der Waals surface area contributed by atoms with Crippen LogP contribution in [0, 0.1) is 5.92 Å². The maximum Gasteiger partial charge on any atom is 0.276 e. The van der Waals surface area contributed by atoms with Gasteiger partial charge in [0.2, 0.25) is 0 Å². The topological polar surface area (TPSA) is 12.0 Å². The van der Waals surface area contributed by atoms with Gasteiger partial charge in [-0.25, -0.2) is 8.78 Å². The highest BCUT2D eigenvalue weighted by molar-refractivity contribution is 5.27. The van der Waals surface area contributed by atoms with E-state index in [2.05, 4.69) is 5.32 Å². The van der Waals surface area contributed by atoms with Crippen LogP contribution >= 0.6 is 0 Å². The van der Waals surface area contributed by atoms with E-state index in [4.69, 9.17) is 0 Å². The van der Waals surface area contributed by atoms with E-state index in [1.54, 1.807) is 24.3 Å². The monoisotopic (exact) mass is 225 g/mol. The van der Waals surface area contributed by atoms with Gasteiger partial charge in [0.05, 0.1) is 0 Å².